The summed E-state index contributed by atoms with van der Waals surface area (Å²) < 4.78 is 56.0. The van der Waals surface area contributed by atoms with Crippen LogP contribution in [0.2, 0.25) is 0 Å². The lowest BCUT2D eigenvalue weighted by Gasteiger charge is -2.11. The van der Waals surface area contributed by atoms with Crippen LogP contribution < -0.4 is 11.1 Å². The normalized spacial score (nSPS) is 11.4. The van der Waals surface area contributed by atoms with Gasteiger partial charge in [-0.25, -0.2) is 4.39 Å². The van der Waals surface area contributed by atoms with Crippen LogP contribution in [0.3, 0.4) is 0 Å². The molecule has 0 bridgehead atoms. The molecule has 0 heterocycles. The van der Waals surface area contributed by atoms with Gasteiger partial charge in [0.25, 0.3) is 5.91 Å². The van der Waals surface area contributed by atoms with Gasteiger partial charge < -0.3 is 15.8 Å². The molecule has 1 aromatic carbocycles. The number of hydrogen-bond acceptors (Lipinski definition) is 3. The standard InChI is InChI=1S/C12H14F4N2O2/c13-10-8(2-1-3-9(10)12(14,15)16)11(19)18-5-7-20-6-4-17/h1-3H,4-7,17H2,(H,18,19). The van der Waals surface area contributed by atoms with E-state index in [1.807, 2.05) is 0 Å². The minimum atomic E-state index is -4.84. The Hall–Kier alpha value is -1.67. The van der Waals surface area contributed by atoms with E-state index in [0.29, 0.717) is 19.2 Å². The van der Waals surface area contributed by atoms with E-state index < -0.39 is 29.0 Å². The van der Waals surface area contributed by atoms with Crippen molar-refractivity contribution in [3.05, 3.63) is 35.1 Å². The molecule has 8 heteroatoms. The zero-order valence-electron chi connectivity index (χ0n) is 10.5. The smallest absolute Gasteiger partial charge is 0.378 e. The van der Waals surface area contributed by atoms with Crippen molar-refractivity contribution in [2.75, 3.05) is 26.3 Å². The molecule has 0 fully saturated rings. The zero-order valence-corrected chi connectivity index (χ0v) is 10.5. The number of carbonyl (C=O) groups excluding carboxylic acids is 1. The molecule has 0 saturated carbocycles. The second-order valence-electron chi connectivity index (χ2n) is 3.82. The Labute approximate surface area is 112 Å². The molecule has 0 spiro atoms. The lowest BCUT2D eigenvalue weighted by atomic mass is 10.1. The van der Waals surface area contributed by atoms with Gasteiger partial charge in [0.2, 0.25) is 0 Å². The zero-order chi connectivity index (χ0) is 15.2. The van der Waals surface area contributed by atoms with Gasteiger partial charge in [-0.3, -0.25) is 4.79 Å². The molecule has 3 N–H and O–H groups in total. The number of nitrogens with one attached hydrogen (secondary N) is 1. The maximum atomic E-state index is 13.6. The molecule has 0 aliphatic rings. The largest absolute Gasteiger partial charge is 0.419 e. The first-order valence-corrected chi connectivity index (χ1v) is 5.79. The van der Waals surface area contributed by atoms with E-state index in [9.17, 15) is 22.4 Å². The first-order valence-electron chi connectivity index (χ1n) is 5.79. The second kappa shape index (κ2) is 7.20. The Bertz CT molecular complexity index is 463. The molecule has 0 aliphatic carbocycles. The van der Waals surface area contributed by atoms with Crippen molar-refractivity contribution in [1.82, 2.24) is 5.32 Å². The van der Waals surface area contributed by atoms with Gasteiger partial charge in [0.1, 0.15) is 5.82 Å². The van der Waals surface area contributed by atoms with Gasteiger partial charge in [-0.05, 0) is 12.1 Å². The number of alkyl halides is 3. The summed E-state index contributed by atoms with van der Waals surface area (Å²) in [5.74, 6) is -2.51. The van der Waals surface area contributed by atoms with Gasteiger partial charge in [-0.1, -0.05) is 6.07 Å². The van der Waals surface area contributed by atoms with Crippen molar-refractivity contribution in [2.45, 2.75) is 6.18 Å². The van der Waals surface area contributed by atoms with E-state index in [1.165, 1.54) is 0 Å². The molecule has 0 aliphatic heterocycles. The molecular formula is C12H14F4N2O2. The molecule has 20 heavy (non-hydrogen) atoms. The van der Waals surface area contributed by atoms with Crippen LogP contribution in [-0.4, -0.2) is 32.2 Å². The number of rotatable bonds is 6. The lowest BCUT2D eigenvalue weighted by molar-refractivity contribution is -0.140. The van der Waals surface area contributed by atoms with Crippen molar-refractivity contribution in [2.24, 2.45) is 5.73 Å². The average Bonchev–Trinajstić information content (AvgIpc) is 2.37. The van der Waals surface area contributed by atoms with Crippen molar-refractivity contribution in [3.63, 3.8) is 0 Å². The van der Waals surface area contributed by atoms with Crippen LogP contribution in [0.5, 0.6) is 0 Å². The van der Waals surface area contributed by atoms with Gasteiger partial charge >= 0.3 is 6.18 Å². The SMILES string of the molecule is NCCOCCNC(=O)c1cccc(C(F)(F)F)c1F. The summed E-state index contributed by atoms with van der Waals surface area (Å²) in [6.45, 7) is 0.808. The summed E-state index contributed by atoms with van der Waals surface area (Å²) in [4.78, 5) is 11.6. The molecule has 0 saturated heterocycles. The number of hydrogen-bond donors (Lipinski definition) is 2. The third-order valence-electron chi connectivity index (χ3n) is 2.34. The molecule has 0 unspecified atom stereocenters. The fraction of sp³-hybridized carbons (Fsp3) is 0.417. The third kappa shape index (κ3) is 4.46. The van der Waals surface area contributed by atoms with Gasteiger partial charge in [0, 0.05) is 13.1 Å². The van der Waals surface area contributed by atoms with E-state index in [-0.39, 0.29) is 13.2 Å². The predicted molar refractivity (Wildman–Crippen MR) is 63.6 cm³/mol. The van der Waals surface area contributed by atoms with Crippen molar-refractivity contribution in [3.8, 4) is 0 Å². The molecule has 4 nitrogen and oxygen atoms in total. The highest BCUT2D eigenvalue weighted by atomic mass is 19.4. The second-order valence-corrected chi connectivity index (χ2v) is 3.82. The minimum Gasteiger partial charge on any atom is -0.378 e. The van der Waals surface area contributed by atoms with Crippen LogP contribution in [0.4, 0.5) is 17.6 Å². The Balaban J connectivity index is 2.69. The molecule has 1 rings (SSSR count). The molecule has 0 radical (unpaired) electrons. The summed E-state index contributed by atoms with van der Waals surface area (Å²) >= 11 is 0. The number of ether oxygens (including phenoxy) is 1. The van der Waals surface area contributed by atoms with Crippen LogP contribution >= 0.6 is 0 Å². The Morgan fingerprint density at radius 2 is 2.00 bits per heavy atom. The van der Waals surface area contributed by atoms with Crippen molar-refractivity contribution in [1.29, 1.82) is 0 Å². The number of carbonyl (C=O) groups is 1. The summed E-state index contributed by atoms with van der Waals surface area (Å²) in [6, 6.07) is 2.54. The summed E-state index contributed by atoms with van der Waals surface area (Å²) in [5.41, 5.74) is 3.05. The van der Waals surface area contributed by atoms with Crippen molar-refractivity contribution < 1.29 is 27.1 Å². The number of halogens is 4. The van der Waals surface area contributed by atoms with E-state index in [1.54, 1.807) is 0 Å². The molecule has 1 aromatic rings. The summed E-state index contributed by atoms with van der Waals surface area (Å²) in [7, 11) is 0. The van der Waals surface area contributed by atoms with Crippen LogP contribution in [-0.2, 0) is 10.9 Å². The highest BCUT2D eigenvalue weighted by molar-refractivity contribution is 5.94. The Kier molecular flexibility index (Phi) is 5.90. The van der Waals surface area contributed by atoms with Gasteiger partial charge in [0.15, 0.2) is 0 Å². The Morgan fingerprint density at radius 3 is 2.60 bits per heavy atom. The van der Waals surface area contributed by atoms with E-state index in [0.717, 1.165) is 12.1 Å². The van der Waals surface area contributed by atoms with Gasteiger partial charge in [-0.15, -0.1) is 0 Å². The van der Waals surface area contributed by atoms with E-state index in [2.05, 4.69) is 5.32 Å². The van der Waals surface area contributed by atoms with Crippen LogP contribution in [0.15, 0.2) is 18.2 Å². The van der Waals surface area contributed by atoms with Crippen molar-refractivity contribution >= 4 is 5.91 Å². The maximum Gasteiger partial charge on any atom is 0.419 e. The third-order valence-corrected chi connectivity index (χ3v) is 2.34. The summed E-state index contributed by atoms with van der Waals surface area (Å²) in [5, 5.41) is 2.27. The fourth-order valence-electron chi connectivity index (χ4n) is 1.44. The lowest BCUT2D eigenvalue weighted by Crippen LogP contribution is -2.29. The van der Waals surface area contributed by atoms with E-state index >= 15 is 0 Å². The van der Waals surface area contributed by atoms with Gasteiger partial charge in [0.05, 0.1) is 24.3 Å². The molecular weight excluding hydrogens is 280 g/mol. The molecule has 112 valence electrons. The quantitative estimate of drug-likeness (QED) is 0.618. The first kappa shape index (κ1) is 16.4. The molecule has 0 aromatic heterocycles. The van der Waals surface area contributed by atoms with Crippen LogP contribution in [0.1, 0.15) is 15.9 Å². The monoisotopic (exact) mass is 294 g/mol. The first-order chi connectivity index (χ1) is 9.38. The number of nitrogens with two attached hydrogens (primary N) is 1. The maximum absolute atomic E-state index is 13.6. The van der Waals surface area contributed by atoms with E-state index in [4.69, 9.17) is 10.5 Å². The fourth-order valence-corrected chi connectivity index (χ4v) is 1.44. The molecule has 0 atom stereocenters. The minimum absolute atomic E-state index is 0.0501. The topological polar surface area (TPSA) is 64.3 Å². The predicted octanol–water partition coefficient (Wildman–Crippen LogP) is 1.55. The van der Waals surface area contributed by atoms with Gasteiger partial charge in [-0.2, -0.15) is 13.2 Å². The number of amides is 1. The molecule has 1 amide bonds. The van der Waals surface area contributed by atoms with Crippen LogP contribution in [0.25, 0.3) is 0 Å². The highest BCUT2D eigenvalue weighted by Crippen LogP contribution is 2.32. The van der Waals surface area contributed by atoms with Crippen LogP contribution in [0, 0.1) is 5.82 Å². The summed E-state index contributed by atoms with van der Waals surface area (Å²) in [6.07, 6.45) is -4.84. The average molecular weight is 294 g/mol. The number of benzene rings is 1. The Morgan fingerprint density at radius 1 is 1.30 bits per heavy atom. The highest BCUT2D eigenvalue weighted by Gasteiger charge is 2.35.